The second kappa shape index (κ2) is 5.72. The van der Waals surface area contributed by atoms with Gasteiger partial charge in [0.05, 0.1) is 6.10 Å². The lowest BCUT2D eigenvalue weighted by molar-refractivity contribution is 0.0723. The van der Waals surface area contributed by atoms with Gasteiger partial charge in [-0.2, -0.15) is 0 Å². The molecule has 0 saturated heterocycles. The van der Waals surface area contributed by atoms with E-state index in [0.717, 1.165) is 12.6 Å². The van der Waals surface area contributed by atoms with Crippen LogP contribution in [0.1, 0.15) is 46.5 Å². The maximum Gasteiger partial charge on any atom is 0.0690 e. The van der Waals surface area contributed by atoms with Crippen LogP contribution in [0.15, 0.2) is 0 Å². The molecule has 1 fully saturated rings. The number of unbranched alkanes of at least 4 members (excludes halogenated alkanes) is 1. The summed E-state index contributed by atoms with van der Waals surface area (Å²) in [6, 6.07) is 0.787. The van der Waals surface area contributed by atoms with Gasteiger partial charge in [0.15, 0.2) is 0 Å². The Labute approximate surface area is 88.3 Å². The van der Waals surface area contributed by atoms with Crippen LogP contribution in [0, 0.1) is 5.92 Å². The monoisotopic (exact) mass is 199 g/mol. The highest BCUT2D eigenvalue weighted by Gasteiger charge is 2.30. The van der Waals surface area contributed by atoms with Crippen LogP contribution < -0.4 is 0 Å². The van der Waals surface area contributed by atoms with Gasteiger partial charge < -0.3 is 5.11 Å². The van der Waals surface area contributed by atoms with E-state index in [1.165, 1.54) is 32.2 Å². The van der Waals surface area contributed by atoms with Gasteiger partial charge in [0.25, 0.3) is 0 Å². The zero-order valence-electron chi connectivity index (χ0n) is 9.87. The SMILES string of the molecule is CCCCN(CC(O)C(C)C)C1CC1. The molecule has 1 atom stereocenters. The molecule has 1 N–H and O–H groups in total. The fourth-order valence-electron chi connectivity index (χ4n) is 1.67. The topological polar surface area (TPSA) is 23.5 Å². The van der Waals surface area contributed by atoms with Crippen LogP contribution in [-0.2, 0) is 0 Å². The number of nitrogens with zero attached hydrogens (tertiary/aromatic N) is 1. The van der Waals surface area contributed by atoms with Crippen LogP contribution in [0.5, 0.6) is 0 Å². The minimum Gasteiger partial charge on any atom is -0.392 e. The molecular weight excluding hydrogens is 174 g/mol. The molecule has 0 spiro atoms. The summed E-state index contributed by atoms with van der Waals surface area (Å²) in [7, 11) is 0. The average molecular weight is 199 g/mol. The number of rotatable bonds is 7. The Kier molecular flexibility index (Phi) is 4.90. The zero-order valence-corrected chi connectivity index (χ0v) is 9.87. The molecule has 1 saturated carbocycles. The third kappa shape index (κ3) is 3.97. The Morgan fingerprint density at radius 3 is 2.43 bits per heavy atom. The summed E-state index contributed by atoms with van der Waals surface area (Å²) in [5.74, 6) is 0.387. The molecule has 0 radical (unpaired) electrons. The highest BCUT2D eigenvalue weighted by Crippen LogP contribution is 2.27. The van der Waals surface area contributed by atoms with Gasteiger partial charge in [0.2, 0.25) is 0 Å². The summed E-state index contributed by atoms with van der Waals surface area (Å²) in [5.41, 5.74) is 0. The number of aliphatic hydroxyl groups is 1. The van der Waals surface area contributed by atoms with Gasteiger partial charge in [-0.05, 0) is 31.7 Å². The normalized spacial score (nSPS) is 19.3. The minimum absolute atomic E-state index is 0.146. The van der Waals surface area contributed by atoms with Gasteiger partial charge in [-0.3, -0.25) is 4.90 Å². The second-order valence-corrected chi connectivity index (χ2v) is 4.89. The number of aliphatic hydroxyl groups excluding tert-OH is 1. The first kappa shape index (κ1) is 12.0. The Hall–Kier alpha value is -0.0800. The van der Waals surface area contributed by atoms with E-state index in [-0.39, 0.29) is 6.10 Å². The molecule has 0 aromatic carbocycles. The first-order valence-electron chi connectivity index (χ1n) is 6.07. The van der Waals surface area contributed by atoms with Crippen molar-refractivity contribution >= 4 is 0 Å². The van der Waals surface area contributed by atoms with E-state index in [2.05, 4.69) is 25.7 Å². The van der Waals surface area contributed by atoms with Crippen LogP contribution in [0.4, 0.5) is 0 Å². The van der Waals surface area contributed by atoms with Crippen LogP contribution in [0.3, 0.4) is 0 Å². The third-order valence-corrected chi connectivity index (χ3v) is 3.05. The van der Waals surface area contributed by atoms with Crippen molar-refractivity contribution in [2.45, 2.75) is 58.6 Å². The predicted molar refractivity (Wildman–Crippen MR) is 60.3 cm³/mol. The lowest BCUT2D eigenvalue weighted by Gasteiger charge is -2.26. The maximum atomic E-state index is 9.83. The van der Waals surface area contributed by atoms with Gasteiger partial charge in [0.1, 0.15) is 0 Å². The molecule has 0 aliphatic heterocycles. The van der Waals surface area contributed by atoms with E-state index >= 15 is 0 Å². The first-order chi connectivity index (χ1) is 6.65. The lowest BCUT2D eigenvalue weighted by Crippen LogP contribution is -2.37. The zero-order chi connectivity index (χ0) is 10.6. The minimum atomic E-state index is -0.146. The summed E-state index contributed by atoms with van der Waals surface area (Å²) >= 11 is 0. The first-order valence-corrected chi connectivity index (χ1v) is 6.07. The van der Waals surface area contributed by atoms with Crippen molar-refractivity contribution < 1.29 is 5.11 Å². The largest absolute Gasteiger partial charge is 0.392 e. The maximum absolute atomic E-state index is 9.83. The molecule has 1 rings (SSSR count). The summed E-state index contributed by atoms with van der Waals surface area (Å²) < 4.78 is 0. The molecule has 2 nitrogen and oxygen atoms in total. The van der Waals surface area contributed by atoms with Crippen molar-refractivity contribution in [3.05, 3.63) is 0 Å². The predicted octanol–water partition coefficient (Wildman–Crippen LogP) is 2.27. The highest BCUT2D eigenvalue weighted by molar-refractivity contribution is 4.85. The Morgan fingerprint density at radius 1 is 1.36 bits per heavy atom. The van der Waals surface area contributed by atoms with Crippen molar-refractivity contribution in [2.75, 3.05) is 13.1 Å². The van der Waals surface area contributed by atoms with Crippen molar-refractivity contribution in [2.24, 2.45) is 5.92 Å². The molecule has 2 heteroatoms. The molecule has 0 heterocycles. The fraction of sp³-hybridized carbons (Fsp3) is 1.00. The van der Waals surface area contributed by atoms with Gasteiger partial charge in [-0.15, -0.1) is 0 Å². The quantitative estimate of drug-likeness (QED) is 0.680. The van der Waals surface area contributed by atoms with E-state index in [0.29, 0.717) is 5.92 Å². The van der Waals surface area contributed by atoms with Gasteiger partial charge in [0, 0.05) is 12.6 Å². The molecule has 0 bridgehead atoms. The highest BCUT2D eigenvalue weighted by atomic mass is 16.3. The van der Waals surface area contributed by atoms with Crippen LogP contribution in [-0.4, -0.2) is 35.2 Å². The number of hydrogen-bond donors (Lipinski definition) is 1. The van der Waals surface area contributed by atoms with Crippen LogP contribution in [0.25, 0.3) is 0 Å². The van der Waals surface area contributed by atoms with E-state index in [9.17, 15) is 5.11 Å². The summed E-state index contributed by atoms with van der Waals surface area (Å²) in [4.78, 5) is 2.48. The van der Waals surface area contributed by atoms with Crippen LogP contribution >= 0.6 is 0 Å². The van der Waals surface area contributed by atoms with Crippen molar-refractivity contribution in [3.8, 4) is 0 Å². The molecule has 1 aliphatic rings. The molecule has 84 valence electrons. The van der Waals surface area contributed by atoms with E-state index < -0.39 is 0 Å². The molecule has 1 aliphatic carbocycles. The Morgan fingerprint density at radius 2 is 2.00 bits per heavy atom. The summed E-state index contributed by atoms with van der Waals surface area (Å²) in [5, 5.41) is 9.83. The molecule has 14 heavy (non-hydrogen) atoms. The Bertz CT molecular complexity index is 154. The molecule has 0 amide bonds. The fourth-order valence-corrected chi connectivity index (χ4v) is 1.67. The van der Waals surface area contributed by atoms with Gasteiger partial charge >= 0.3 is 0 Å². The standard InChI is InChI=1S/C12H25NO/c1-4-5-8-13(11-6-7-11)9-12(14)10(2)3/h10-12,14H,4-9H2,1-3H3. The third-order valence-electron chi connectivity index (χ3n) is 3.05. The van der Waals surface area contributed by atoms with Gasteiger partial charge in [-0.25, -0.2) is 0 Å². The van der Waals surface area contributed by atoms with Crippen molar-refractivity contribution in [3.63, 3.8) is 0 Å². The van der Waals surface area contributed by atoms with Crippen molar-refractivity contribution in [1.82, 2.24) is 4.90 Å². The van der Waals surface area contributed by atoms with Crippen molar-refractivity contribution in [1.29, 1.82) is 0 Å². The second-order valence-electron chi connectivity index (χ2n) is 4.89. The molecule has 0 aromatic rings. The summed E-state index contributed by atoms with van der Waals surface area (Å²) in [6.07, 6.45) is 5.05. The van der Waals surface area contributed by atoms with Crippen LogP contribution in [0.2, 0.25) is 0 Å². The van der Waals surface area contributed by atoms with E-state index in [4.69, 9.17) is 0 Å². The van der Waals surface area contributed by atoms with Gasteiger partial charge in [-0.1, -0.05) is 27.2 Å². The van der Waals surface area contributed by atoms with E-state index in [1.807, 2.05) is 0 Å². The Balaban J connectivity index is 2.27. The lowest BCUT2D eigenvalue weighted by atomic mass is 10.1. The molecular formula is C12H25NO. The van der Waals surface area contributed by atoms with E-state index in [1.54, 1.807) is 0 Å². The average Bonchev–Trinajstić information content (AvgIpc) is 2.94. The smallest absolute Gasteiger partial charge is 0.0690 e. The summed E-state index contributed by atoms with van der Waals surface area (Å²) in [6.45, 7) is 8.46. The molecule has 1 unspecified atom stereocenters. The molecule has 0 aromatic heterocycles. The number of hydrogen-bond acceptors (Lipinski definition) is 2.